The van der Waals surface area contributed by atoms with Gasteiger partial charge in [-0.2, -0.15) is 5.10 Å². The van der Waals surface area contributed by atoms with E-state index < -0.39 is 21.6 Å². The SMILES string of the molecule is Cc1cc(C(=O)c2cnn(C)c2OC(=O)c2ccc(Cl)cc2)c(Cl)c(C)c1S(C)(=O)=O. The summed E-state index contributed by atoms with van der Waals surface area (Å²) in [6.07, 6.45) is 2.34. The highest BCUT2D eigenvalue weighted by atomic mass is 35.5. The Kier molecular flexibility index (Phi) is 6.27. The van der Waals surface area contributed by atoms with Gasteiger partial charge in [-0.3, -0.25) is 4.79 Å². The van der Waals surface area contributed by atoms with Gasteiger partial charge in [-0.15, -0.1) is 0 Å². The smallest absolute Gasteiger partial charge is 0.344 e. The molecule has 0 atom stereocenters. The minimum Gasteiger partial charge on any atom is -0.403 e. The molecule has 31 heavy (non-hydrogen) atoms. The molecule has 1 aromatic heterocycles. The summed E-state index contributed by atoms with van der Waals surface area (Å²) in [5.74, 6) is -1.31. The molecule has 7 nitrogen and oxygen atoms in total. The zero-order valence-electron chi connectivity index (χ0n) is 17.1. The summed E-state index contributed by atoms with van der Waals surface area (Å²) < 4.78 is 30.9. The van der Waals surface area contributed by atoms with E-state index in [1.807, 2.05) is 0 Å². The summed E-state index contributed by atoms with van der Waals surface area (Å²) in [6, 6.07) is 7.49. The summed E-state index contributed by atoms with van der Waals surface area (Å²) >= 11 is 12.2. The Hall–Kier alpha value is -2.68. The number of carbonyl (C=O) groups is 2. The van der Waals surface area contributed by atoms with Crippen molar-refractivity contribution in [2.24, 2.45) is 7.05 Å². The molecule has 0 radical (unpaired) electrons. The Morgan fingerprint density at radius 2 is 1.68 bits per heavy atom. The normalized spacial score (nSPS) is 11.4. The van der Waals surface area contributed by atoms with Gasteiger partial charge in [0.15, 0.2) is 9.84 Å². The van der Waals surface area contributed by atoms with Gasteiger partial charge in [0.1, 0.15) is 5.56 Å². The molecule has 0 aliphatic heterocycles. The predicted octanol–water partition coefficient (Wildman–Crippen LogP) is 4.20. The molecular formula is C21H18Cl2N2O5S. The van der Waals surface area contributed by atoms with Gasteiger partial charge in [-0.1, -0.05) is 23.2 Å². The molecule has 1 heterocycles. The largest absolute Gasteiger partial charge is 0.403 e. The minimum absolute atomic E-state index is 0.00913. The van der Waals surface area contributed by atoms with Crippen LogP contribution in [0.25, 0.3) is 0 Å². The minimum atomic E-state index is -3.54. The third-order valence-corrected chi connectivity index (χ3v) is 6.75. The topological polar surface area (TPSA) is 95.3 Å². The Balaban J connectivity index is 2.03. The number of halogens is 2. The maximum absolute atomic E-state index is 13.2. The van der Waals surface area contributed by atoms with Crippen LogP contribution < -0.4 is 4.74 Å². The quantitative estimate of drug-likeness (QED) is 0.401. The molecule has 0 aliphatic rings. The van der Waals surface area contributed by atoms with Crippen LogP contribution in [0.5, 0.6) is 5.88 Å². The number of rotatable bonds is 5. The molecule has 0 unspecified atom stereocenters. The second-order valence-corrected chi connectivity index (χ2v) is 9.76. The third kappa shape index (κ3) is 4.51. The number of ether oxygens (including phenoxy) is 1. The average Bonchev–Trinajstić information content (AvgIpc) is 3.04. The van der Waals surface area contributed by atoms with Crippen molar-refractivity contribution >= 4 is 44.8 Å². The molecule has 3 rings (SSSR count). The highest BCUT2D eigenvalue weighted by Crippen LogP contribution is 2.33. The maximum Gasteiger partial charge on any atom is 0.344 e. The van der Waals surface area contributed by atoms with Crippen LogP contribution in [-0.2, 0) is 16.9 Å². The standard InChI is InChI=1S/C21H18Cl2N2O5S/c1-11-9-15(17(23)12(2)19(11)31(4,28)29)18(26)16-10-24-25(3)20(16)30-21(27)13-5-7-14(22)8-6-13/h5-10H,1-4H3. The van der Waals surface area contributed by atoms with E-state index in [1.165, 1.54) is 43.0 Å². The van der Waals surface area contributed by atoms with Crippen molar-refractivity contribution in [2.45, 2.75) is 18.7 Å². The first-order valence-corrected chi connectivity index (χ1v) is 11.6. The fourth-order valence-electron chi connectivity index (χ4n) is 3.26. The van der Waals surface area contributed by atoms with Crippen LogP contribution in [0.4, 0.5) is 0 Å². The van der Waals surface area contributed by atoms with E-state index in [9.17, 15) is 18.0 Å². The molecule has 0 spiro atoms. The van der Waals surface area contributed by atoms with Crippen molar-refractivity contribution in [3.63, 3.8) is 0 Å². The molecule has 0 N–H and O–H groups in total. The predicted molar refractivity (Wildman–Crippen MR) is 117 cm³/mol. The lowest BCUT2D eigenvalue weighted by atomic mass is 10.0. The van der Waals surface area contributed by atoms with Gasteiger partial charge in [0.05, 0.1) is 21.7 Å². The Morgan fingerprint density at radius 1 is 1.06 bits per heavy atom. The second kappa shape index (κ2) is 8.45. The summed E-state index contributed by atoms with van der Waals surface area (Å²) in [7, 11) is -2.02. The molecule has 0 fully saturated rings. The number of aromatic nitrogens is 2. The number of hydrogen-bond donors (Lipinski definition) is 0. The first-order valence-electron chi connectivity index (χ1n) is 8.96. The Labute approximate surface area is 189 Å². The van der Waals surface area contributed by atoms with E-state index in [1.54, 1.807) is 19.1 Å². The monoisotopic (exact) mass is 480 g/mol. The molecule has 0 saturated carbocycles. The van der Waals surface area contributed by atoms with Crippen molar-refractivity contribution in [3.05, 3.63) is 74.4 Å². The van der Waals surface area contributed by atoms with E-state index >= 15 is 0 Å². The van der Waals surface area contributed by atoms with Crippen LogP contribution in [0.1, 0.15) is 37.4 Å². The number of carbonyl (C=O) groups excluding carboxylic acids is 2. The molecule has 0 aliphatic carbocycles. The van der Waals surface area contributed by atoms with Crippen molar-refractivity contribution in [1.82, 2.24) is 9.78 Å². The lowest BCUT2D eigenvalue weighted by Gasteiger charge is -2.14. The zero-order valence-corrected chi connectivity index (χ0v) is 19.4. The van der Waals surface area contributed by atoms with Gasteiger partial charge in [-0.25, -0.2) is 17.9 Å². The van der Waals surface area contributed by atoms with Gasteiger partial charge in [0.25, 0.3) is 0 Å². The molecule has 10 heteroatoms. The van der Waals surface area contributed by atoms with Crippen molar-refractivity contribution in [3.8, 4) is 5.88 Å². The molecule has 162 valence electrons. The highest BCUT2D eigenvalue weighted by molar-refractivity contribution is 7.90. The number of sulfone groups is 1. The van der Waals surface area contributed by atoms with E-state index in [-0.39, 0.29) is 38.1 Å². The fraction of sp³-hybridized carbons (Fsp3) is 0.190. The number of aryl methyl sites for hydroxylation is 2. The first kappa shape index (κ1) is 23.0. The van der Waals surface area contributed by atoms with Crippen LogP contribution >= 0.6 is 23.2 Å². The van der Waals surface area contributed by atoms with Crippen LogP contribution in [-0.4, -0.2) is 36.2 Å². The van der Waals surface area contributed by atoms with Gasteiger partial charge >= 0.3 is 5.97 Å². The van der Waals surface area contributed by atoms with Gasteiger partial charge in [0, 0.05) is 23.9 Å². The summed E-state index contributed by atoms with van der Waals surface area (Å²) in [6.45, 7) is 3.12. The third-order valence-electron chi connectivity index (χ3n) is 4.64. The molecule has 0 saturated heterocycles. The molecule has 0 amide bonds. The summed E-state index contributed by atoms with van der Waals surface area (Å²) in [5, 5.41) is 4.49. The molecule has 0 bridgehead atoms. The number of hydrogen-bond acceptors (Lipinski definition) is 6. The first-order chi connectivity index (χ1) is 14.4. The van der Waals surface area contributed by atoms with Crippen LogP contribution in [0.15, 0.2) is 41.4 Å². The molecule has 2 aromatic carbocycles. The number of esters is 1. The van der Waals surface area contributed by atoms with Crippen LogP contribution in [0, 0.1) is 13.8 Å². The van der Waals surface area contributed by atoms with E-state index in [0.717, 1.165) is 6.26 Å². The van der Waals surface area contributed by atoms with Crippen molar-refractivity contribution in [2.75, 3.05) is 6.26 Å². The summed E-state index contributed by atoms with van der Waals surface area (Å²) in [4.78, 5) is 25.8. The average molecular weight is 481 g/mol. The van der Waals surface area contributed by atoms with Crippen molar-refractivity contribution < 1.29 is 22.7 Å². The molecular weight excluding hydrogens is 463 g/mol. The van der Waals surface area contributed by atoms with Gasteiger partial charge in [0.2, 0.25) is 11.7 Å². The number of benzene rings is 2. The van der Waals surface area contributed by atoms with E-state index in [2.05, 4.69) is 5.10 Å². The Bertz CT molecular complexity index is 1310. The molecule has 3 aromatic rings. The van der Waals surface area contributed by atoms with Crippen LogP contribution in [0.3, 0.4) is 0 Å². The van der Waals surface area contributed by atoms with Crippen molar-refractivity contribution in [1.29, 1.82) is 0 Å². The maximum atomic E-state index is 13.2. The lowest BCUT2D eigenvalue weighted by Crippen LogP contribution is -2.14. The fourth-order valence-corrected chi connectivity index (χ4v) is 4.98. The van der Waals surface area contributed by atoms with Gasteiger partial charge in [-0.05, 0) is 55.3 Å². The zero-order chi connectivity index (χ0) is 23.1. The highest BCUT2D eigenvalue weighted by Gasteiger charge is 2.27. The second-order valence-electron chi connectivity index (χ2n) is 6.99. The number of nitrogens with zero attached hydrogens (tertiary/aromatic N) is 2. The Morgan fingerprint density at radius 3 is 2.26 bits per heavy atom. The van der Waals surface area contributed by atoms with Gasteiger partial charge < -0.3 is 4.74 Å². The lowest BCUT2D eigenvalue weighted by molar-refractivity contribution is 0.0718. The van der Waals surface area contributed by atoms with E-state index in [0.29, 0.717) is 10.6 Å². The number of ketones is 1. The van der Waals surface area contributed by atoms with E-state index in [4.69, 9.17) is 27.9 Å². The summed E-state index contributed by atoms with van der Waals surface area (Å²) in [5.41, 5.74) is 0.997. The van der Waals surface area contributed by atoms with Crippen LogP contribution in [0.2, 0.25) is 10.0 Å².